The van der Waals surface area contributed by atoms with Crippen LogP contribution in [0.15, 0.2) is 0 Å². The first-order valence-corrected chi connectivity index (χ1v) is 6.69. The van der Waals surface area contributed by atoms with Crippen molar-refractivity contribution in [1.82, 2.24) is 4.31 Å². The molecule has 94 valence electrons. The normalized spacial score (nSPS) is 26.0. The highest BCUT2D eigenvalue weighted by Gasteiger charge is 2.35. The molecule has 7 heteroatoms. The minimum atomic E-state index is -3.76. The van der Waals surface area contributed by atoms with Gasteiger partial charge in [0.25, 0.3) is 0 Å². The third-order valence-electron chi connectivity index (χ3n) is 2.57. The Labute approximate surface area is 95.2 Å². The van der Waals surface area contributed by atoms with Gasteiger partial charge in [-0.2, -0.15) is 4.31 Å². The number of carbonyl (C=O) groups is 1. The molecule has 0 bridgehead atoms. The van der Waals surface area contributed by atoms with Crippen molar-refractivity contribution in [3.05, 3.63) is 0 Å². The van der Waals surface area contributed by atoms with Gasteiger partial charge in [0, 0.05) is 19.7 Å². The van der Waals surface area contributed by atoms with E-state index in [4.69, 9.17) is 9.84 Å². The molecule has 2 unspecified atom stereocenters. The molecule has 0 aromatic heterocycles. The fraction of sp³-hybridized carbons (Fsp3) is 0.889. The van der Waals surface area contributed by atoms with Crippen LogP contribution in [0.5, 0.6) is 0 Å². The average molecular weight is 251 g/mol. The van der Waals surface area contributed by atoms with Crippen molar-refractivity contribution < 1.29 is 23.1 Å². The van der Waals surface area contributed by atoms with Gasteiger partial charge >= 0.3 is 5.97 Å². The summed E-state index contributed by atoms with van der Waals surface area (Å²) < 4.78 is 30.4. The molecule has 1 fully saturated rings. The van der Waals surface area contributed by atoms with Crippen LogP contribution in [0.4, 0.5) is 0 Å². The number of hydrogen-bond donors (Lipinski definition) is 1. The van der Waals surface area contributed by atoms with Crippen LogP contribution in [0.3, 0.4) is 0 Å². The van der Waals surface area contributed by atoms with Gasteiger partial charge < -0.3 is 9.84 Å². The highest BCUT2D eigenvalue weighted by molar-refractivity contribution is 7.90. The molecule has 0 aliphatic carbocycles. The number of hydrogen-bond acceptors (Lipinski definition) is 4. The smallest absolute Gasteiger partial charge is 0.323 e. The zero-order valence-corrected chi connectivity index (χ0v) is 10.2. The van der Waals surface area contributed by atoms with Crippen LogP contribution in [0.1, 0.15) is 20.3 Å². The van der Waals surface area contributed by atoms with Gasteiger partial charge in [-0.3, -0.25) is 4.79 Å². The minimum absolute atomic E-state index is 0.196. The molecule has 1 heterocycles. The maximum absolute atomic E-state index is 11.9. The van der Waals surface area contributed by atoms with Crippen molar-refractivity contribution in [2.75, 3.05) is 19.7 Å². The number of nitrogens with zero attached hydrogens (tertiary/aromatic N) is 1. The molecule has 1 rings (SSSR count). The monoisotopic (exact) mass is 251 g/mol. The molecule has 0 amide bonds. The maximum atomic E-state index is 11.9. The number of rotatable bonds is 3. The van der Waals surface area contributed by atoms with E-state index in [0.717, 1.165) is 0 Å². The van der Waals surface area contributed by atoms with Crippen LogP contribution in [-0.2, 0) is 19.6 Å². The number of aliphatic carboxylic acids is 1. The Hall–Kier alpha value is -0.660. The molecule has 1 N–H and O–H groups in total. The van der Waals surface area contributed by atoms with Gasteiger partial charge in [-0.25, -0.2) is 8.42 Å². The summed E-state index contributed by atoms with van der Waals surface area (Å²) >= 11 is 0. The van der Waals surface area contributed by atoms with E-state index in [1.807, 2.05) is 0 Å². The summed E-state index contributed by atoms with van der Waals surface area (Å²) in [6.45, 7) is 4.02. The topological polar surface area (TPSA) is 83.9 Å². The van der Waals surface area contributed by atoms with Crippen molar-refractivity contribution in [3.63, 3.8) is 0 Å². The predicted molar refractivity (Wildman–Crippen MR) is 57.6 cm³/mol. The Morgan fingerprint density at radius 1 is 1.56 bits per heavy atom. The summed E-state index contributed by atoms with van der Waals surface area (Å²) in [7, 11) is -3.76. The third-order valence-corrected chi connectivity index (χ3v) is 4.72. The quantitative estimate of drug-likeness (QED) is 0.757. The molecular formula is C9H17NO5S. The second-order valence-corrected chi connectivity index (χ2v) is 6.17. The molecule has 6 nitrogen and oxygen atoms in total. The van der Waals surface area contributed by atoms with Crippen LogP contribution in [-0.4, -0.2) is 54.8 Å². The van der Waals surface area contributed by atoms with Crippen LogP contribution in [0.25, 0.3) is 0 Å². The second-order valence-electron chi connectivity index (χ2n) is 3.92. The van der Waals surface area contributed by atoms with Gasteiger partial charge in [0.15, 0.2) is 5.25 Å². The Kier molecular flexibility index (Phi) is 4.28. The molecule has 0 radical (unpaired) electrons. The lowest BCUT2D eigenvalue weighted by molar-refractivity contribution is -0.136. The van der Waals surface area contributed by atoms with Gasteiger partial charge in [0.05, 0.1) is 6.10 Å². The molecule has 1 saturated heterocycles. The van der Waals surface area contributed by atoms with Gasteiger partial charge in [-0.15, -0.1) is 0 Å². The highest BCUT2D eigenvalue weighted by Crippen LogP contribution is 2.14. The molecule has 1 aliphatic heterocycles. The van der Waals surface area contributed by atoms with Crippen molar-refractivity contribution in [2.24, 2.45) is 0 Å². The summed E-state index contributed by atoms with van der Waals surface area (Å²) in [5.41, 5.74) is 0. The Morgan fingerprint density at radius 3 is 2.75 bits per heavy atom. The second kappa shape index (κ2) is 5.11. The first-order chi connectivity index (χ1) is 7.35. The molecule has 2 atom stereocenters. The summed E-state index contributed by atoms with van der Waals surface area (Å²) in [6, 6.07) is 0. The number of sulfonamides is 1. The molecule has 1 aliphatic rings. The Morgan fingerprint density at radius 2 is 2.19 bits per heavy atom. The van der Waals surface area contributed by atoms with E-state index in [1.165, 1.54) is 11.2 Å². The van der Waals surface area contributed by atoms with Gasteiger partial charge in [0.1, 0.15) is 0 Å². The van der Waals surface area contributed by atoms with Gasteiger partial charge in [-0.1, -0.05) is 0 Å². The largest absolute Gasteiger partial charge is 0.480 e. The summed E-state index contributed by atoms with van der Waals surface area (Å²) in [5, 5.41) is 7.34. The number of ether oxygens (including phenoxy) is 1. The van der Waals surface area contributed by atoms with Crippen LogP contribution >= 0.6 is 0 Å². The van der Waals surface area contributed by atoms with Crippen molar-refractivity contribution >= 4 is 16.0 Å². The molecule has 0 saturated carbocycles. The van der Waals surface area contributed by atoms with E-state index in [-0.39, 0.29) is 12.6 Å². The van der Waals surface area contributed by atoms with Gasteiger partial charge in [0.2, 0.25) is 10.0 Å². The van der Waals surface area contributed by atoms with E-state index >= 15 is 0 Å². The van der Waals surface area contributed by atoms with Crippen LogP contribution in [0.2, 0.25) is 0 Å². The van der Waals surface area contributed by atoms with Crippen LogP contribution in [0, 0.1) is 0 Å². The van der Waals surface area contributed by atoms with Crippen molar-refractivity contribution in [2.45, 2.75) is 31.6 Å². The first-order valence-electron chi connectivity index (χ1n) is 5.19. The number of carboxylic acid groups (broad SMARTS) is 1. The zero-order valence-electron chi connectivity index (χ0n) is 9.42. The Balaban J connectivity index is 2.85. The van der Waals surface area contributed by atoms with Gasteiger partial charge in [-0.05, 0) is 20.3 Å². The Bertz CT molecular complexity index is 353. The highest BCUT2D eigenvalue weighted by atomic mass is 32.2. The maximum Gasteiger partial charge on any atom is 0.323 e. The third kappa shape index (κ3) is 2.93. The molecular weight excluding hydrogens is 234 g/mol. The van der Waals surface area contributed by atoms with Crippen molar-refractivity contribution in [3.8, 4) is 0 Å². The number of carboxylic acids is 1. The lowest BCUT2D eigenvalue weighted by atomic mass is 10.4. The van der Waals surface area contributed by atoms with E-state index in [2.05, 4.69) is 0 Å². The molecule has 0 aromatic carbocycles. The predicted octanol–water partition coefficient (Wildman–Crippen LogP) is -0.0999. The van der Waals surface area contributed by atoms with E-state index < -0.39 is 21.2 Å². The van der Waals surface area contributed by atoms with E-state index in [0.29, 0.717) is 19.6 Å². The standard InChI is InChI=1S/C9H17NO5S/c1-7-6-10(4-3-5-15-7)16(13,14)8(2)9(11)12/h7-8H,3-6H2,1-2H3,(H,11,12). The zero-order chi connectivity index (χ0) is 12.3. The lowest BCUT2D eigenvalue weighted by Gasteiger charge is -2.23. The van der Waals surface area contributed by atoms with E-state index in [1.54, 1.807) is 6.92 Å². The molecule has 0 aromatic rings. The summed E-state index contributed by atoms with van der Waals surface area (Å²) in [6.07, 6.45) is 0.397. The van der Waals surface area contributed by atoms with Crippen molar-refractivity contribution in [1.29, 1.82) is 0 Å². The van der Waals surface area contributed by atoms with Crippen LogP contribution < -0.4 is 0 Å². The van der Waals surface area contributed by atoms with E-state index in [9.17, 15) is 13.2 Å². The molecule has 0 spiro atoms. The average Bonchev–Trinajstić information content (AvgIpc) is 2.41. The SMILES string of the molecule is CC1CN(S(=O)(=O)C(C)C(=O)O)CCCO1. The first kappa shape index (κ1) is 13.4. The summed E-state index contributed by atoms with van der Waals surface area (Å²) in [5.74, 6) is -1.32. The fourth-order valence-corrected chi connectivity index (χ4v) is 3.04. The summed E-state index contributed by atoms with van der Waals surface area (Å²) in [4.78, 5) is 10.7. The minimum Gasteiger partial charge on any atom is -0.480 e. The fourth-order valence-electron chi connectivity index (χ4n) is 1.54. The molecule has 16 heavy (non-hydrogen) atoms. The lowest BCUT2D eigenvalue weighted by Crippen LogP contribution is -2.43.